The SMILES string of the molecule is CC(C)Oc1ccc(S(=O)(=O)NCCS(=O)(=O)NC2CCCC2)cc1. The van der Waals surface area contributed by atoms with Crippen molar-refractivity contribution in [3.8, 4) is 5.75 Å². The van der Waals surface area contributed by atoms with E-state index >= 15 is 0 Å². The van der Waals surface area contributed by atoms with E-state index in [9.17, 15) is 16.8 Å². The molecule has 2 N–H and O–H groups in total. The fourth-order valence-corrected chi connectivity index (χ4v) is 5.11. The number of sulfonamides is 2. The normalized spacial score (nSPS) is 16.4. The van der Waals surface area contributed by atoms with Crippen molar-refractivity contribution in [1.29, 1.82) is 0 Å². The lowest BCUT2D eigenvalue weighted by Gasteiger charge is -2.13. The van der Waals surface area contributed by atoms with Crippen LogP contribution in [0.2, 0.25) is 0 Å². The average molecular weight is 391 g/mol. The third kappa shape index (κ3) is 6.58. The summed E-state index contributed by atoms with van der Waals surface area (Å²) in [5, 5.41) is 0. The van der Waals surface area contributed by atoms with Gasteiger partial charge in [0, 0.05) is 12.6 Å². The average Bonchev–Trinajstić information content (AvgIpc) is 2.98. The van der Waals surface area contributed by atoms with Crippen LogP contribution in [0.15, 0.2) is 29.2 Å². The molecule has 2 rings (SSSR count). The highest BCUT2D eigenvalue weighted by molar-refractivity contribution is 7.90. The second kappa shape index (κ2) is 8.48. The molecule has 0 bridgehead atoms. The van der Waals surface area contributed by atoms with E-state index in [1.807, 2.05) is 13.8 Å². The predicted molar refractivity (Wildman–Crippen MR) is 96.6 cm³/mol. The van der Waals surface area contributed by atoms with E-state index in [-0.39, 0.29) is 29.3 Å². The molecule has 0 heterocycles. The van der Waals surface area contributed by atoms with Gasteiger partial charge in [-0.3, -0.25) is 0 Å². The smallest absolute Gasteiger partial charge is 0.240 e. The van der Waals surface area contributed by atoms with E-state index in [2.05, 4.69) is 9.44 Å². The summed E-state index contributed by atoms with van der Waals surface area (Å²) in [6, 6.07) is 6.01. The number of hydrogen-bond acceptors (Lipinski definition) is 5. The van der Waals surface area contributed by atoms with E-state index in [1.54, 1.807) is 12.1 Å². The Kier molecular flexibility index (Phi) is 6.84. The minimum absolute atomic E-state index is 0.00171. The van der Waals surface area contributed by atoms with Crippen LogP contribution in [-0.2, 0) is 20.0 Å². The first-order valence-corrected chi connectivity index (χ1v) is 11.6. The van der Waals surface area contributed by atoms with Gasteiger partial charge in [0.25, 0.3) is 0 Å². The number of rotatable bonds is 9. The van der Waals surface area contributed by atoms with Crippen LogP contribution in [0.1, 0.15) is 39.5 Å². The Balaban J connectivity index is 1.88. The number of benzene rings is 1. The van der Waals surface area contributed by atoms with Crippen LogP contribution in [0.3, 0.4) is 0 Å². The third-order valence-corrected chi connectivity index (χ3v) is 6.78. The van der Waals surface area contributed by atoms with Gasteiger partial charge in [0.15, 0.2) is 0 Å². The molecule has 142 valence electrons. The van der Waals surface area contributed by atoms with Gasteiger partial charge < -0.3 is 4.74 Å². The zero-order valence-electron chi connectivity index (χ0n) is 14.6. The van der Waals surface area contributed by atoms with Gasteiger partial charge in [0.2, 0.25) is 20.0 Å². The topological polar surface area (TPSA) is 102 Å². The van der Waals surface area contributed by atoms with Gasteiger partial charge in [0.1, 0.15) is 5.75 Å². The molecule has 1 aliphatic carbocycles. The lowest BCUT2D eigenvalue weighted by Crippen LogP contribution is -2.38. The Morgan fingerprint density at radius 1 is 1.08 bits per heavy atom. The van der Waals surface area contributed by atoms with E-state index < -0.39 is 20.0 Å². The van der Waals surface area contributed by atoms with Crippen molar-refractivity contribution < 1.29 is 21.6 Å². The first kappa shape index (κ1) is 20.2. The monoisotopic (exact) mass is 390 g/mol. The van der Waals surface area contributed by atoms with Crippen LogP contribution in [0.5, 0.6) is 5.75 Å². The maximum absolute atomic E-state index is 12.2. The highest BCUT2D eigenvalue weighted by Gasteiger charge is 2.22. The molecule has 0 spiro atoms. The molecular formula is C16H26N2O5S2. The Bertz CT molecular complexity index is 752. The molecule has 25 heavy (non-hydrogen) atoms. The van der Waals surface area contributed by atoms with Crippen LogP contribution in [-0.4, -0.2) is 41.3 Å². The second-order valence-electron chi connectivity index (χ2n) is 6.45. The van der Waals surface area contributed by atoms with Gasteiger partial charge >= 0.3 is 0 Å². The quantitative estimate of drug-likeness (QED) is 0.667. The van der Waals surface area contributed by atoms with Gasteiger partial charge in [-0.15, -0.1) is 0 Å². The Labute approximate surface area is 150 Å². The van der Waals surface area contributed by atoms with Gasteiger partial charge in [-0.05, 0) is 51.0 Å². The van der Waals surface area contributed by atoms with Crippen LogP contribution in [0.4, 0.5) is 0 Å². The van der Waals surface area contributed by atoms with Gasteiger partial charge in [0.05, 0.1) is 16.8 Å². The number of ether oxygens (including phenoxy) is 1. The molecule has 0 radical (unpaired) electrons. The van der Waals surface area contributed by atoms with Gasteiger partial charge in [-0.25, -0.2) is 26.3 Å². The zero-order chi connectivity index (χ0) is 18.5. The molecule has 1 aromatic rings. The van der Waals surface area contributed by atoms with Crippen molar-refractivity contribution in [1.82, 2.24) is 9.44 Å². The molecule has 7 nitrogen and oxygen atoms in total. The molecule has 0 amide bonds. The van der Waals surface area contributed by atoms with E-state index in [0.717, 1.165) is 25.7 Å². The Hall–Kier alpha value is -1.16. The molecule has 1 aliphatic rings. The number of nitrogens with one attached hydrogen (secondary N) is 2. The predicted octanol–water partition coefficient (Wildman–Crippen LogP) is 1.61. The van der Waals surface area contributed by atoms with Crippen LogP contribution in [0, 0.1) is 0 Å². The molecular weight excluding hydrogens is 364 g/mol. The zero-order valence-corrected chi connectivity index (χ0v) is 16.2. The number of hydrogen-bond donors (Lipinski definition) is 2. The van der Waals surface area contributed by atoms with Crippen molar-refractivity contribution in [2.75, 3.05) is 12.3 Å². The minimum Gasteiger partial charge on any atom is -0.491 e. The standard InChI is InChI=1S/C16H26N2O5S2/c1-13(2)23-15-7-9-16(10-8-15)25(21,22)17-11-12-24(19,20)18-14-5-3-4-6-14/h7-10,13-14,17-18H,3-6,11-12H2,1-2H3. The largest absolute Gasteiger partial charge is 0.491 e. The molecule has 0 saturated heterocycles. The Morgan fingerprint density at radius 2 is 1.68 bits per heavy atom. The summed E-state index contributed by atoms with van der Waals surface area (Å²) in [5.41, 5.74) is 0. The summed E-state index contributed by atoms with van der Waals surface area (Å²) in [6.07, 6.45) is 3.73. The van der Waals surface area contributed by atoms with E-state index in [1.165, 1.54) is 12.1 Å². The molecule has 0 atom stereocenters. The lowest BCUT2D eigenvalue weighted by molar-refractivity contribution is 0.242. The van der Waals surface area contributed by atoms with Crippen molar-refractivity contribution in [3.63, 3.8) is 0 Å². The highest BCUT2D eigenvalue weighted by Crippen LogP contribution is 2.19. The van der Waals surface area contributed by atoms with Crippen LogP contribution >= 0.6 is 0 Å². The summed E-state index contributed by atoms with van der Waals surface area (Å²) in [6.45, 7) is 3.59. The summed E-state index contributed by atoms with van der Waals surface area (Å²) in [5.74, 6) is 0.300. The van der Waals surface area contributed by atoms with Crippen molar-refractivity contribution in [2.45, 2.75) is 56.6 Å². The van der Waals surface area contributed by atoms with Crippen LogP contribution in [0.25, 0.3) is 0 Å². The van der Waals surface area contributed by atoms with Crippen molar-refractivity contribution in [3.05, 3.63) is 24.3 Å². The second-order valence-corrected chi connectivity index (χ2v) is 10.1. The molecule has 0 aromatic heterocycles. The molecule has 9 heteroatoms. The first-order chi connectivity index (χ1) is 11.7. The molecule has 1 saturated carbocycles. The molecule has 0 aliphatic heterocycles. The molecule has 1 fully saturated rings. The van der Waals surface area contributed by atoms with Gasteiger partial charge in [-0.2, -0.15) is 0 Å². The minimum atomic E-state index is -3.75. The lowest BCUT2D eigenvalue weighted by atomic mass is 10.3. The van der Waals surface area contributed by atoms with E-state index in [0.29, 0.717) is 5.75 Å². The third-order valence-electron chi connectivity index (χ3n) is 3.87. The molecule has 0 unspecified atom stereocenters. The van der Waals surface area contributed by atoms with Crippen LogP contribution < -0.4 is 14.2 Å². The Morgan fingerprint density at radius 3 is 2.24 bits per heavy atom. The fourth-order valence-electron chi connectivity index (χ4n) is 2.72. The highest BCUT2D eigenvalue weighted by atomic mass is 32.2. The maximum Gasteiger partial charge on any atom is 0.240 e. The van der Waals surface area contributed by atoms with E-state index in [4.69, 9.17) is 4.74 Å². The first-order valence-electron chi connectivity index (χ1n) is 8.44. The van der Waals surface area contributed by atoms with Crippen molar-refractivity contribution in [2.24, 2.45) is 0 Å². The summed E-state index contributed by atoms with van der Waals surface area (Å²) in [7, 11) is -7.24. The fraction of sp³-hybridized carbons (Fsp3) is 0.625. The summed E-state index contributed by atoms with van der Waals surface area (Å²) in [4.78, 5) is 0.0738. The summed E-state index contributed by atoms with van der Waals surface area (Å²) >= 11 is 0. The van der Waals surface area contributed by atoms with Crippen molar-refractivity contribution >= 4 is 20.0 Å². The van der Waals surface area contributed by atoms with Gasteiger partial charge in [-0.1, -0.05) is 12.8 Å². The maximum atomic E-state index is 12.2. The summed E-state index contributed by atoms with van der Waals surface area (Å²) < 4.78 is 58.9. The molecule has 1 aromatic carbocycles.